The number of alkyl halides is 3. The van der Waals surface area contributed by atoms with Crippen LogP contribution in [-0.4, -0.2) is 6.36 Å². The minimum absolute atomic E-state index is 0.300. The second-order valence-corrected chi connectivity index (χ2v) is 2.41. The molecular formula is C9H6F4O. The molecule has 0 spiro atoms. The summed E-state index contributed by atoms with van der Waals surface area (Å²) in [5, 5.41) is 0. The van der Waals surface area contributed by atoms with Crippen molar-refractivity contribution in [1.82, 2.24) is 0 Å². The lowest BCUT2D eigenvalue weighted by molar-refractivity contribution is -0.313. The topological polar surface area (TPSA) is 9.23 Å². The van der Waals surface area contributed by atoms with Gasteiger partial charge in [-0.1, -0.05) is 30.3 Å². The molecule has 0 N–H and O–H groups in total. The number of halogens is 4. The van der Waals surface area contributed by atoms with Gasteiger partial charge in [-0.3, -0.25) is 0 Å². The Labute approximate surface area is 77.6 Å². The third kappa shape index (κ3) is 3.93. The molecule has 0 aliphatic heterocycles. The number of ether oxygens (including phenoxy) is 1. The highest BCUT2D eigenvalue weighted by atomic mass is 19.4. The smallest absolute Gasteiger partial charge is 0.379 e. The van der Waals surface area contributed by atoms with E-state index in [-0.39, 0.29) is 0 Å². The molecule has 5 heteroatoms. The summed E-state index contributed by atoms with van der Waals surface area (Å²) in [5.41, 5.74) is 0.300. The summed E-state index contributed by atoms with van der Waals surface area (Å²) < 4.78 is 50.1. The summed E-state index contributed by atoms with van der Waals surface area (Å²) >= 11 is 0. The van der Waals surface area contributed by atoms with Crippen LogP contribution in [0.4, 0.5) is 17.6 Å². The van der Waals surface area contributed by atoms with Gasteiger partial charge in [-0.05, 0) is 5.56 Å². The van der Waals surface area contributed by atoms with E-state index < -0.39 is 12.4 Å². The molecule has 76 valence electrons. The Hall–Kier alpha value is -1.52. The van der Waals surface area contributed by atoms with Gasteiger partial charge in [-0.2, -0.15) is 4.39 Å². The molecule has 0 bridgehead atoms. The molecule has 0 unspecified atom stereocenters. The first kappa shape index (κ1) is 10.6. The van der Waals surface area contributed by atoms with Crippen LogP contribution in [0.15, 0.2) is 36.3 Å². The van der Waals surface area contributed by atoms with E-state index in [0.717, 1.165) is 0 Å². The van der Waals surface area contributed by atoms with Gasteiger partial charge >= 0.3 is 6.36 Å². The van der Waals surface area contributed by atoms with Crippen LogP contribution in [0.2, 0.25) is 0 Å². The molecular weight excluding hydrogens is 200 g/mol. The highest BCUT2D eigenvalue weighted by Crippen LogP contribution is 2.22. The van der Waals surface area contributed by atoms with Crippen LogP contribution in [-0.2, 0) is 4.74 Å². The lowest BCUT2D eigenvalue weighted by Gasteiger charge is -2.05. The second kappa shape index (κ2) is 4.13. The van der Waals surface area contributed by atoms with Crippen molar-refractivity contribution in [3.63, 3.8) is 0 Å². The molecule has 14 heavy (non-hydrogen) atoms. The molecule has 0 amide bonds. The maximum Gasteiger partial charge on any atom is 0.574 e. The molecule has 1 rings (SSSR count). The van der Waals surface area contributed by atoms with Gasteiger partial charge in [0.1, 0.15) is 0 Å². The molecule has 0 radical (unpaired) electrons. The van der Waals surface area contributed by atoms with E-state index in [9.17, 15) is 17.6 Å². The average molecular weight is 206 g/mol. The van der Waals surface area contributed by atoms with Crippen molar-refractivity contribution in [3.05, 3.63) is 41.9 Å². The van der Waals surface area contributed by atoms with Crippen molar-refractivity contribution in [2.75, 3.05) is 0 Å². The van der Waals surface area contributed by atoms with E-state index in [1.807, 2.05) is 0 Å². The third-order valence-electron chi connectivity index (χ3n) is 1.29. The lowest BCUT2D eigenvalue weighted by atomic mass is 10.2. The Morgan fingerprint density at radius 2 is 1.71 bits per heavy atom. The molecule has 0 heterocycles. The molecule has 0 aliphatic carbocycles. The van der Waals surface area contributed by atoms with Gasteiger partial charge in [0.15, 0.2) is 0 Å². The standard InChI is InChI=1S/C9H6F4O/c10-8(14-9(11,12)13)6-7-4-2-1-3-5-7/h1-6H. The van der Waals surface area contributed by atoms with Crippen LogP contribution in [0, 0.1) is 0 Å². The average Bonchev–Trinajstić information content (AvgIpc) is 2.02. The van der Waals surface area contributed by atoms with Crippen molar-refractivity contribution >= 4 is 6.08 Å². The Kier molecular flexibility index (Phi) is 3.11. The van der Waals surface area contributed by atoms with Crippen LogP contribution < -0.4 is 0 Å². The highest BCUT2D eigenvalue weighted by molar-refractivity contribution is 5.49. The van der Waals surface area contributed by atoms with E-state index in [4.69, 9.17) is 0 Å². The van der Waals surface area contributed by atoms with Gasteiger partial charge in [0.05, 0.1) is 0 Å². The summed E-state index contributed by atoms with van der Waals surface area (Å²) in [6.07, 6.45) is -4.33. The van der Waals surface area contributed by atoms with E-state index in [0.29, 0.717) is 11.6 Å². The Balaban J connectivity index is 2.70. The van der Waals surface area contributed by atoms with Gasteiger partial charge in [0, 0.05) is 6.08 Å². The van der Waals surface area contributed by atoms with E-state index in [1.54, 1.807) is 18.2 Å². The highest BCUT2D eigenvalue weighted by Gasteiger charge is 2.32. The van der Waals surface area contributed by atoms with Gasteiger partial charge < -0.3 is 4.74 Å². The van der Waals surface area contributed by atoms with Gasteiger partial charge in [-0.15, -0.1) is 13.2 Å². The van der Waals surface area contributed by atoms with Crippen molar-refractivity contribution in [2.45, 2.75) is 6.36 Å². The molecule has 1 aromatic rings. The van der Waals surface area contributed by atoms with Crippen LogP contribution in [0.25, 0.3) is 6.08 Å². The van der Waals surface area contributed by atoms with E-state index in [1.165, 1.54) is 12.1 Å². The fraction of sp³-hybridized carbons (Fsp3) is 0.111. The predicted octanol–water partition coefficient (Wildman–Crippen LogP) is 3.49. The molecule has 0 aliphatic rings. The zero-order valence-corrected chi connectivity index (χ0v) is 6.88. The zero-order valence-electron chi connectivity index (χ0n) is 6.88. The third-order valence-corrected chi connectivity index (χ3v) is 1.29. The number of hydrogen-bond donors (Lipinski definition) is 0. The monoisotopic (exact) mass is 206 g/mol. The molecule has 0 fully saturated rings. The molecule has 0 saturated carbocycles. The predicted molar refractivity (Wildman–Crippen MR) is 42.7 cm³/mol. The Bertz CT molecular complexity index is 315. The van der Waals surface area contributed by atoms with Crippen LogP contribution in [0.3, 0.4) is 0 Å². The molecule has 0 aromatic heterocycles. The molecule has 1 nitrogen and oxygen atoms in total. The first-order chi connectivity index (χ1) is 6.47. The van der Waals surface area contributed by atoms with Gasteiger partial charge in [0.2, 0.25) is 0 Å². The quantitative estimate of drug-likeness (QED) is 0.531. The summed E-state index contributed by atoms with van der Waals surface area (Å²) in [6.45, 7) is 0. The zero-order chi connectivity index (χ0) is 10.6. The van der Waals surface area contributed by atoms with Crippen LogP contribution >= 0.6 is 0 Å². The maximum absolute atomic E-state index is 12.5. The largest absolute Gasteiger partial charge is 0.574 e. The van der Waals surface area contributed by atoms with Crippen LogP contribution in [0.5, 0.6) is 0 Å². The Morgan fingerprint density at radius 1 is 1.14 bits per heavy atom. The number of benzene rings is 1. The van der Waals surface area contributed by atoms with Gasteiger partial charge in [0.25, 0.3) is 6.01 Å². The minimum Gasteiger partial charge on any atom is -0.379 e. The summed E-state index contributed by atoms with van der Waals surface area (Å²) in [6, 6.07) is 6.06. The first-order valence-corrected chi connectivity index (χ1v) is 3.65. The molecule has 0 saturated heterocycles. The Morgan fingerprint density at radius 3 is 2.21 bits per heavy atom. The van der Waals surface area contributed by atoms with E-state index >= 15 is 0 Å². The fourth-order valence-corrected chi connectivity index (χ4v) is 0.820. The van der Waals surface area contributed by atoms with Crippen molar-refractivity contribution < 1.29 is 22.3 Å². The summed E-state index contributed by atoms with van der Waals surface area (Å²) in [4.78, 5) is 0. The van der Waals surface area contributed by atoms with E-state index in [2.05, 4.69) is 4.74 Å². The molecule has 1 aromatic carbocycles. The van der Waals surface area contributed by atoms with Gasteiger partial charge in [-0.25, -0.2) is 0 Å². The fourth-order valence-electron chi connectivity index (χ4n) is 0.820. The SMILES string of the molecule is FC(=Cc1ccccc1)OC(F)(F)F. The molecule has 0 atom stereocenters. The van der Waals surface area contributed by atoms with Crippen molar-refractivity contribution in [2.24, 2.45) is 0 Å². The van der Waals surface area contributed by atoms with Crippen molar-refractivity contribution in [1.29, 1.82) is 0 Å². The summed E-state index contributed by atoms with van der Waals surface area (Å²) in [5.74, 6) is 0. The normalized spacial score (nSPS) is 12.7. The lowest BCUT2D eigenvalue weighted by Crippen LogP contribution is -2.10. The first-order valence-electron chi connectivity index (χ1n) is 3.65. The van der Waals surface area contributed by atoms with Crippen LogP contribution in [0.1, 0.15) is 5.56 Å². The second-order valence-electron chi connectivity index (χ2n) is 2.41. The minimum atomic E-state index is -4.99. The number of hydrogen-bond acceptors (Lipinski definition) is 1. The summed E-state index contributed by atoms with van der Waals surface area (Å²) in [7, 11) is 0. The van der Waals surface area contributed by atoms with Crippen molar-refractivity contribution in [3.8, 4) is 0 Å². The number of rotatable bonds is 2. The maximum atomic E-state index is 12.5.